The van der Waals surface area contributed by atoms with Gasteiger partial charge < -0.3 is 5.73 Å². The first-order valence-electron chi connectivity index (χ1n) is 7.49. The molecule has 3 rings (SSSR count). The van der Waals surface area contributed by atoms with Gasteiger partial charge in [0.2, 0.25) is 0 Å². The smallest absolute Gasteiger partial charge is 0.191 e. The van der Waals surface area contributed by atoms with E-state index in [1.165, 1.54) is 10.2 Å². The van der Waals surface area contributed by atoms with Gasteiger partial charge in [0, 0.05) is 5.56 Å². The topological polar surface area (TPSA) is 68.6 Å². The normalized spacial score (nSPS) is 11.1. The SMILES string of the molecule is Cc1ccc(N=Nc2c(-c3ccccc3)nn(C(N)=S)c2C)cc1. The molecule has 3 aromatic rings. The Hall–Kier alpha value is -2.86. The van der Waals surface area contributed by atoms with Crippen LogP contribution in [0.15, 0.2) is 64.8 Å². The molecule has 1 heterocycles. The molecule has 0 aliphatic heterocycles. The predicted octanol–water partition coefficient (Wildman–Crippen LogP) is 4.67. The van der Waals surface area contributed by atoms with Gasteiger partial charge in [-0.3, -0.25) is 0 Å². The van der Waals surface area contributed by atoms with Crippen LogP contribution in [0.25, 0.3) is 11.3 Å². The van der Waals surface area contributed by atoms with Gasteiger partial charge in [-0.2, -0.15) is 10.2 Å². The van der Waals surface area contributed by atoms with Gasteiger partial charge in [0.25, 0.3) is 0 Å². The second-order valence-electron chi connectivity index (χ2n) is 5.43. The maximum Gasteiger partial charge on any atom is 0.191 e. The molecular weight excluding hydrogens is 318 g/mol. The zero-order valence-electron chi connectivity index (χ0n) is 13.5. The summed E-state index contributed by atoms with van der Waals surface area (Å²) in [6, 6.07) is 17.6. The molecule has 1 aromatic heterocycles. The van der Waals surface area contributed by atoms with Crippen LogP contribution in [-0.2, 0) is 0 Å². The Kier molecular flexibility index (Phi) is 4.48. The second-order valence-corrected chi connectivity index (χ2v) is 5.85. The summed E-state index contributed by atoms with van der Waals surface area (Å²) in [6.07, 6.45) is 0. The van der Waals surface area contributed by atoms with E-state index < -0.39 is 0 Å². The monoisotopic (exact) mass is 335 g/mol. The number of rotatable bonds is 3. The number of nitrogens with zero attached hydrogens (tertiary/aromatic N) is 4. The van der Waals surface area contributed by atoms with Crippen molar-refractivity contribution in [2.75, 3.05) is 0 Å². The molecule has 0 radical (unpaired) electrons. The molecule has 0 saturated carbocycles. The fourth-order valence-corrected chi connectivity index (χ4v) is 2.52. The van der Waals surface area contributed by atoms with Crippen molar-refractivity contribution >= 4 is 28.7 Å². The first-order valence-corrected chi connectivity index (χ1v) is 7.90. The Bertz CT molecular complexity index is 895. The minimum Gasteiger partial charge on any atom is -0.374 e. The number of nitrogens with two attached hydrogens (primary N) is 1. The van der Waals surface area contributed by atoms with Gasteiger partial charge in [-0.05, 0) is 38.2 Å². The highest BCUT2D eigenvalue weighted by Gasteiger charge is 2.17. The standard InChI is InChI=1S/C18H17N5S/c1-12-8-10-15(11-9-12)20-21-16-13(2)23(18(19)24)22-17(16)14-6-4-3-5-7-14/h3-11H,1-2H3,(H2,19,24). The molecule has 5 nitrogen and oxygen atoms in total. The van der Waals surface area contributed by atoms with E-state index >= 15 is 0 Å². The van der Waals surface area contributed by atoms with E-state index in [1.54, 1.807) is 0 Å². The molecule has 2 N–H and O–H groups in total. The number of benzene rings is 2. The van der Waals surface area contributed by atoms with Gasteiger partial charge in [0.15, 0.2) is 5.11 Å². The van der Waals surface area contributed by atoms with Crippen LogP contribution in [0.1, 0.15) is 11.3 Å². The van der Waals surface area contributed by atoms with Crippen molar-refractivity contribution < 1.29 is 0 Å². The number of hydrogen-bond acceptors (Lipinski definition) is 4. The van der Waals surface area contributed by atoms with Crippen LogP contribution in [0.4, 0.5) is 11.4 Å². The molecule has 0 aliphatic rings. The van der Waals surface area contributed by atoms with Crippen LogP contribution in [0, 0.1) is 13.8 Å². The lowest BCUT2D eigenvalue weighted by Gasteiger charge is -1.99. The average molecular weight is 335 g/mol. The first-order chi connectivity index (χ1) is 11.6. The van der Waals surface area contributed by atoms with Crippen molar-refractivity contribution in [2.24, 2.45) is 16.0 Å². The Morgan fingerprint density at radius 1 is 1.00 bits per heavy atom. The lowest BCUT2D eigenvalue weighted by atomic mass is 10.1. The molecule has 120 valence electrons. The molecule has 0 spiro atoms. The molecule has 0 unspecified atom stereocenters. The summed E-state index contributed by atoms with van der Waals surface area (Å²) >= 11 is 5.07. The number of hydrogen-bond donors (Lipinski definition) is 1. The fraction of sp³-hybridized carbons (Fsp3) is 0.111. The van der Waals surface area contributed by atoms with Crippen molar-refractivity contribution in [1.82, 2.24) is 9.78 Å². The highest BCUT2D eigenvalue weighted by molar-refractivity contribution is 7.80. The molecule has 0 saturated heterocycles. The van der Waals surface area contributed by atoms with Crippen LogP contribution < -0.4 is 5.73 Å². The molecule has 0 aliphatic carbocycles. The lowest BCUT2D eigenvalue weighted by molar-refractivity contribution is 0.906. The zero-order valence-corrected chi connectivity index (χ0v) is 14.3. The minimum absolute atomic E-state index is 0.182. The predicted molar refractivity (Wildman–Crippen MR) is 99.9 cm³/mol. The quantitative estimate of drug-likeness (QED) is 0.558. The van der Waals surface area contributed by atoms with Gasteiger partial charge in [0.1, 0.15) is 11.4 Å². The van der Waals surface area contributed by atoms with Crippen LogP contribution in [-0.4, -0.2) is 14.9 Å². The van der Waals surface area contributed by atoms with Crippen molar-refractivity contribution in [2.45, 2.75) is 13.8 Å². The molecular formula is C18H17N5S. The zero-order chi connectivity index (χ0) is 17.1. The first kappa shape index (κ1) is 16.0. The van der Waals surface area contributed by atoms with E-state index in [0.717, 1.165) is 16.9 Å². The largest absolute Gasteiger partial charge is 0.374 e. The Labute approximate surface area is 145 Å². The summed E-state index contributed by atoms with van der Waals surface area (Å²) in [4.78, 5) is 0. The summed E-state index contributed by atoms with van der Waals surface area (Å²) in [5, 5.41) is 13.4. The Morgan fingerprint density at radius 2 is 1.67 bits per heavy atom. The third-order valence-corrected chi connectivity index (χ3v) is 3.81. The third-order valence-electron chi connectivity index (χ3n) is 3.64. The van der Waals surface area contributed by atoms with Gasteiger partial charge in [-0.15, -0.1) is 5.11 Å². The van der Waals surface area contributed by atoms with E-state index in [9.17, 15) is 0 Å². The summed E-state index contributed by atoms with van der Waals surface area (Å²) in [6.45, 7) is 3.91. The van der Waals surface area contributed by atoms with Crippen molar-refractivity contribution in [1.29, 1.82) is 0 Å². The third kappa shape index (κ3) is 3.23. The number of aryl methyl sites for hydroxylation is 1. The number of azo groups is 1. The Morgan fingerprint density at radius 3 is 2.29 bits per heavy atom. The van der Waals surface area contributed by atoms with E-state index in [-0.39, 0.29) is 5.11 Å². The molecule has 6 heteroatoms. The summed E-state index contributed by atoms with van der Waals surface area (Å²) < 4.78 is 1.52. The van der Waals surface area contributed by atoms with Gasteiger partial charge in [-0.1, -0.05) is 48.0 Å². The van der Waals surface area contributed by atoms with Gasteiger partial charge in [-0.25, -0.2) is 4.68 Å². The molecule has 24 heavy (non-hydrogen) atoms. The van der Waals surface area contributed by atoms with Crippen molar-refractivity contribution in [3.05, 3.63) is 65.9 Å². The highest BCUT2D eigenvalue weighted by Crippen LogP contribution is 2.33. The summed E-state index contributed by atoms with van der Waals surface area (Å²) in [5.41, 5.74) is 10.8. The molecule has 0 amide bonds. The molecule has 0 atom stereocenters. The lowest BCUT2D eigenvalue weighted by Crippen LogP contribution is -2.21. The van der Waals surface area contributed by atoms with E-state index in [0.29, 0.717) is 11.4 Å². The summed E-state index contributed by atoms with van der Waals surface area (Å²) in [7, 11) is 0. The summed E-state index contributed by atoms with van der Waals surface area (Å²) in [5.74, 6) is 0. The van der Waals surface area contributed by atoms with Crippen molar-refractivity contribution in [3.8, 4) is 11.3 Å². The van der Waals surface area contributed by atoms with Gasteiger partial charge >= 0.3 is 0 Å². The molecule has 2 aromatic carbocycles. The van der Waals surface area contributed by atoms with Crippen LogP contribution in [0.5, 0.6) is 0 Å². The van der Waals surface area contributed by atoms with E-state index in [2.05, 4.69) is 15.3 Å². The van der Waals surface area contributed by atoms with Crippen LogP contribution >= 0.6 is 12.2 Å². The van der Waals surface area contributed by atoms with E-state index in [1.807, 2.05) is 68.4 Å². The number of thiocarbonyl (C=S) groups is 1. The number of aromatic nitrogens is 2. The Balaban J connectivity index is 2.08. The van der Waals surface area contributed by atoms with E-state index in [4.69, 9.17) is 18.0 Å². The van der Waals surface area contributed by atoms with Gasteiger partial charge in [0.05, 0.1) is 11.4 Å². The second kappa shape index (κ2) is 6.72. The molecule has 0 fully saturated rings. The fourth-order valence-electron chi connectivity index (χ4n) is 2.34. The van der Waals surface area contributed by atoms with Crippen LogP contribution in [0.2, 0.25) is 0 Å². The average Bonchev–Trinajstić information content (AvgIpc) is 2.92. The highest BCUT2D eigenvalue weighted by atomic mass is 32.1. The molecule has 0 bridgehead atoms. The van der Waals surface area contributed by atoms with Crippen molar-refractivity contribution in [3.63, 3.8) is 0 Å². The maximum absolute atomic E-state index is 5.76. The maximum atomic E-state index is 5.76. The minimum atomic E-state index is 0.182. The van der Waals surface area contributed by atoms with Crippen LogP contribution in [0.3, 0.4) is 0 Å².